The zero-order valence-electron chi connectivity index (χ0n) is 21.3. The smallest absolute Gasteiger partial charge is 0.245 e. The molecule has 1 heterocycles. The summed E-state index contributed by atoms with van der Waals surface area (Å²) in [5.41, 5.74) is 9.04. The molecular formula is C29H35BrN2O2. The van der Waals surface area contributed by atoms with E-state index in [1.807, 2.05) is 6.07 Å². The molecule has 4 rings (SSSR count). The molecule has 0 N–H and O–H groups in total. The van der Waals surface area contributed by atoms with Gasteiger partial charge in [-0.1, -0.05) is 45.0 Å². The summed E-state index contributed by atoms with van der Waals surface area (Å²) in [7, 11) is 3.38. The minimum Gasteiger partial charge on any atom is -1.00 e. The molecule has 0 radical (unpaired) electrons. The second kappa shape index (κ2) is 10.2. The van der Waals surface area contributed by atoms with Crippen LogP contribution in [0.5, 0.6) is 11.5 Å². The van der Waals surface area contributed by atoms with Gasteiger partial charge in [-0.25, -0.2) is 9.13 Å². The van der Waals surface area contributed by atoms with Crippen LogP contribution in [0, 0.1) is 13.8 Å². The van der Waals surface area contributed by atoms with E-state index in [-0.39, 0.29) is 22.4 Å². The average Bonchev–Trinajstić information content (AvgIpc) is 3.09. The first-order valence-corrected chi connectivity index (χ1v) is 11.5. The van der Waals surface area contributed by atoms with Crippen molar-refractivity contribution in [1.29, 1.82) is 0 Å². The van der Waals surface area contributed by atoms with E-state index in [0.29, 0.717) is 0 Å². The Morgan fingerprint density at radius 2 is 1.38 bits per heavy atom. The van der Waals surface area contributed by atoms with E-state index in [1.54, 1.807) is 14.2 Å². The van der Waals surface area contributed by atoms with Gasteiger partial charge in [-0.2, -0.15) is 0 Å². The van der Waals surface area contributed by atoms with Crippen molar-refractivity contribution >= 4 is 11.0 Å². The van der Waals surface area contributed by atoms with Crippen molar-refractivity contribution in [1.82, 2.24) is 4.57 Å². The van der Waals surface area contributed by atoms with Crippen molar-refractivity contribution < 1.29 is 31.0 Å². The molecule has 0 saturated carbocycles. The van der Waals surface area contributed by atoms with Gasteiger partial charge in [0.1, 0.15) is 24.6 Å². The number of aryl methyl sites for hydroxylation is 2. The van der Waals surface area contributed by atoms with Crippen LogP contribution in [-0.2, 0) is 18.5 Å². The zero-order valence-corrected chi connectivity index (χ0v) is 22.9. The van der Waals surface area contributed by atoms with Gasteiger partial charge in [0.15, 0.2) is 11.0 Å². The number of nitrogens with zero attached hydrogens (tertiary/aromatic N) is 2. The molecule has 3 aromatic carbocycles. The van der Waals surface area contributed by atoms with Crippen molar-refractivity contribution in [3.8, 4) is 11.5 Å². The predicted molar refractivity (Wildman–Crippen MR) is 134 cm³/mol. The van der Waals surface area contributed by atoms with Crippen LogP contribution in [0.3, 0.4) is 0 Å². The molecule has 0 aliphatic heterocycles. The number of aromatic nitrogens is 2. The lowest BCUT2D eigenvalue weighted by Crippen LogP contribution is -3.00. The topological polar surface area (TPSA) is 27.3 Å². The molecule has 0 bridgehead atoms. The van der Waals surface area contributed by atoms with Crippen LogP contribution in [0.25, 0.3) is 11.0 Å². The summed E-state index contributed by atoms with van der Waals surface area (Å²) in [5, 5.41) is 0. The number of fused-ring (bicyclic) bond motifs is 1. The predicted octanol–water partition coefficient (Wildman–Crippen LogP) is 2.96. The number of ether oxygens (including phenoxy) is 2. The highest BCUT2D eigenvalue weighted by Gasteiger charge is 2.19. The highest BCUT2D eigenvalue weighted by atomic mass is 79.9. The third-order valence-corrected chi connectivity index (χ3v) is 6.43. The number of rotatable bonds is 6. The molecule has 0 aliphatic carbocycles. The van der Waals surface area contributed by atoms with Gasteiger partial charge >= 0.3 is 0 Å². The van der Waals surface area contributed by atoms with Gasteiger partial charge in [-0.15, -0.1) is 0 Å². The molecule has 1 aromatic heterocycles. The Kier molecular flexibility index (Phi) is 7.77. The van der Waals surface area contributed by atoms with Gasteiger partial charge in [-0.3, -0.25) is 0 Å². The fourth-order valence-electron chi connectivity index (χ4n) is 4.25. The maximum absolute atomic E-state index is 5.48. The number of benzene rings is 3. The third-order valence-electron chi connectivity index (χ3n) is 6.43. The fourth-order valence-corrected chi connectivity index (χ4v) is 4.25. The van der Waals surface area contributed by atoms with Crippen molar-refractivity contribution in [3.05, 3.63) is 88.7 Å². The Bertz CT molecular complexity index is 1260. The van der Waals surface area contributed by atoms with Gasteiger partial charge in [0.25, 0.3) is 0 Å². The monoisotopic (exact) mass is 522 g/mol. The van der Waals surface area contributed by atoms with Crippen LogP contribution in [-0.4, -0.2) is 18.8 Å². The van der Waals surface area contributed by atoms with Gasteiger partial charge in [0, 0.05) is 11.6 Å². The molecular weight excluding hydrogens is 488 g/mol. The summed E-state index contributed by atoms with van der Waals surface area (Å²) in [4.78, 5) is 0. The van der Waals surface area contributed by atoms with E-state index in [9.17, 15) is 0 Å². The highest BCUT2D eigenvalue weighted by Crippen LogP contribution is 2.25. The van der Waals surface area contributed by atoms with E-state index in [2.05, 4.69) is 98.6 Å². The van der Waals surface area contributed by atoms with Crippen molar-refractivity contribution in [2.75, 3.05) is 14.2 Å². The quantitative estimate of drug-likeness (QED) is 0.364. The molecule has 0 atom stereocenters. The van der Waals surface area contributed by atoms with Gasteiger partial charge in [0.2, 0.25) is 6.33 Å². The van der Waals surface area contributed by atoms with E-state index >= 15 is 0 Å². The molecule has 180 valence electrons. The standard InChI is InChI=1S/C29H35N2O2.BrH/c1-20-12-27-28(13-21(20)2)31(18-23-14-25(32-6)16-26(15-23)33-7)19-30(27)17-22-8-10-24(11-9-22)29(3,4)5;/h8-16,19H,17-18H2,1-7H3;1H/q+1;/p-1. The lowest BCUT2D eigenvalue weighted by atomic mass is 9.87. The number of halogens is 1. The molecule has 0 aliphatic rings. The summed E-state index contributed by atoms with van der Waals surface area (Å²) in [5.74, 6) is 1.61. The molecule has 0 spiro atoms. The van der Waals surface area contributed by atoms with Crippen molar-refractivity contribution in [2.24, 2.45) is 0 Å². The van der Waals surface area contributed by atoms with Crippen LogP contribution in [0.15, 0.2) is 60.9 Å². The number of hydrogen-bond acceptors (Lipinski definition) is 2. The number of imidazole rings is 1. The van der Waals surface area contributed by atoms with E-state index in [1.165, 1.54) is 33.3 Å². The van der Waals surface area contributed by atoms with Crippen LogP contribution < -0.4 is 31.0 Å². The lowest BCUT2D eigenvalue weighted by molar-refractivity contribution is -0.663. The average molecular weight is 524 g/mol. The van der Waals surface area contributed by atoms with Gasteiger partial charge in [-0.05, 0) is 65.8 Å². The molecule has 0 amide bonds. The summed E-state index contributed by atoms with van der Waals surface area (Å²) < 4.78 is 15.6. The van der Waals surface area contributed by atoms with Crippen LogP contribution in [0.4, 0.5) is 0 Å². The van der Waals surface area contributed by atoms with E-state index in [0.717, 1.165) is 30.2 Å². The molecule has 34 heavy (non-hydrogen) atoms. The molecule has 0 fully saturated rings. The van der Waals surface area contributed by atoms with E-state index in [4.69, 9.17) is 9.47 Å². The highest BCUT2D eigenvalue weighted by molar-refractivity contribution is 5.74. The Labute approximate surface area is 213 Å². The Morgan fingerprint density at radius 3 is 1.94 bits per heavy atom. The SMILES string of the molecule is COc1cc(C[n+]2cn(Cc3ccc(C(C)(C)C)cc3)c3cc(C)c(C)cc32)cc(OC)c1.[Br-]. The Hall–Kier alpha value is -2.79. The first kappa shape index (κ1) is 25.8. The Balaban J connectivity index is 0.00000324. The number of methoxy groups -OCH3 is 2. The minimum absolute atomic E-state index is 0. The van der Waals surface area contributed by atoms with E-state index < -0.39 is 0 Å². The fraction of sp³-hybridized carbons (Fsp3) is 0.345. The third kappa shape index (κ3) is 5.47. The van der Waals surface area contributed by atoms with Crippen molar-refractivity contribution in [2.45, 2.75) is 53.1 Å². The maximum Gasteiger partial charge on any atom is 0.245 e. The lowest BCUT2D eigenvalue weighted by Gasteiger charge is -2.18. The molecule has 5 heteroatoms. The Morgan fingerprint density at radius 1 is 0.794 bits per heavy atom. The maximum atomic E-state index is 5.48. The molecule has 4 aromatic rings. The van der Waals surface area contributed by atoms with Crippen LogP contribution in [0.2, 0.25) is 0 Å². The van der Waals surface area contributed by atoms with Crippen LogP contribution >= 0.6 is 0 Å². The van der Waals surface area contributed by atoms with Crippen molar-refractivity contribution in [3.63, 3.8) is 0 Å². The van der Waals surface area contributed by atoms with Gasteiger partial charge < -0.3 is 26.5 Å². The molecule has 0 unspecified atom stereocenters. The normalized spacial score (nSPS) is 11.4. The summed E-state index contributed by atoms with van der Waals surface area (Å²) in [6.45, 7) is 12.7. The van der Waals surface area contributed by atoms with Crippen LogP contribution in [0.1, 0.15) is 48.6 Å². The minimum atomic E-state index is 0. The first-order chi connectivity index (χ1) is 15.7. The zero-order chi connectivity index (χ0) is 23.8. The second-order valence-electron chi connectivity index (χ2n) is 9.96. The molecule has 4 nitrogen and oxygen atoms in total. The summed E-state index contributed by atoms with van der Waals surface area (Å²) in [6.07, 6.45) is 2.23. The first-order valence-electron chi connectivity index (χ1n) is 11.5. The number of hydrogen-bond donors (Lipinski definition) is 0. The largest absolute Gasteiger partial charge is 1.00 e. The second-order valence-corrected chi connectivity index (χ2v) is 9.96. The molecule has 0 saturated heterocycles. The summed E-state index contributed by atoms with van der Waals surface area (Å²) >= 11 is 0. The van der Waals surface area contributed by atoms with Gasteiger partial charge in [0.05, 0.1) is 14.2 Å². The summed E-state index contributed by atoms with van der Waals surface area (Å²) in [6, 6.07) is 19.7.